The number of carbonyl (C=O) groups excluding carboxylic acids is 2. The fourth-order valence-corrected chi connectivity index (χ4v) is 5.11. The van der Waals surface area contributed by atoms with Gasteiger partial charge in [-0.3, -0.25) is 14.8 Å². The molecule has 1 saturated carbocycles. The van der Waals surface area contributed by atoms with Gasteiger partial charge in [0.2, 0.25) is 15.9 Å². The van der Waals surface area contributed by atoms with Gasteiger partial charge in [0.1, 0.15) is 11.9 Å². The van der Waals surface area contributed by atoms with Gasteiger partial charge < -0.3 is 4.74 Å². The summed E-state index contributed by atoms with van der Waals surface area (Å²) in [6.07, 6.45) is 1.24. The summed E-state index contributed by atoms with van der Waals surface area (Å²) in [5, 5.41) is 6.40. The molecule has 5 rings (SSSR count). The van der Waals surface area contributed by atoms with E-state index in [1.165, 1.54) is 16.8 Å². The molecule has 2 amide bonds. The number of nitrogens with one attached hydrogen (secondary N) is 2. The second kappa shape index (κ2) is 10.8. The zero-order valence-corrected chi connectivity index (χ0v) is 22.9. The van der Waals surface area contributed by atoms with E-state index in [2.05, 4.69) is 10.4 Å². The molecule has 0 aliphatic heterocycles. The van der Waals surface area contributed by atoms with Gasteiger partial charge in [0, 0.05) is 5.56 Å². The highest BCUT2D eigenvalue weighted by Gasteiger charge is 2.52. The molecule has 1 aliphatic carbocycles. The molecule has 0 bridgehead atoms. The molecule has 2 N–H and O–H groups in total. The molecule has 0 saturated heterocycles. The minimum Gasteiger partial charge on any atom is -0.441 e. The number of benzene rings is 3. The van der Waals surface area contributed by atoms with Crippen molar-refractivity contribution in [3.63, 3.8) is 0 Å². The maximum atomic E-state index is 15.2. The van der Waals surface area contributed by atoms with Gasteiger partial charge in [0.15, 0.2) is 11.6 Å². The average Bonchev–Trinajstić information content (AvgIpc) is 3.67. The van der Waals surface area contributed by atoms with E-state index in [-0.39, 0.29) is 11.4 Å². The van der Waals surface area contributed by atoms with Crippen LogP contribution in [0.4, 0.5) is 19.4 Å². The Labute approximate surface area is 235 Å². The van der Waals surface area contributed by atoms with E-state index in [4.69, 9.17) is 4.74 Å². The molecular weight excluding hydrogens is 554 g/mol. The lowest BCUT2D eigenvalue weighted by atomic mass is 9.92. The fraction of sp³-hybridized carbons (Fsp3) is 0.207. The lowest BCUT2D eigenvalue weighted by Crippen LogP contribution is -2.38. The van der Waals surface area contributed by atoms with Crippen molar-refractivity contribution in [3.8, 4) is 16.8 Å². The SMILES string of the molecule is CC(OC(=O)Nc1c(F)cnn1-c1ccc(-c2ccc(C3(C(=O)NS(C)(=O)=O)CC3)cc2F)cc1)c1ccccc1. The van der Waals surface area contributed by atoms with Gasteiger partial charge in [-0.1, -0.05) is 54.6 Å². The van der Waals surface area contributed by atoms with Gasteiger partial charge in [-0.05, 0) is 54.7 Å². The maximum Gasteiger partial charge on any atom is 0.413 e. The van der Waals surface area contributed by atoms with Crippen LogP contribution in [0.1, 0.15) is 37.0 Å². The first-order valence-electron chi connectivity index (χ1n) is 12.7. The number of hydrogen-bond donors (Lipinski definition) is 2. The standard InChI is InChI=1S/C29H26F2N4O5S/c1-18(19-6-4-3-5-7-19)40-28(37)33-26-25(31)17-32-35(26)22-11-8-20(9-12-22)23-13-10-21(16-24(23)30)29(14-15-29)27(36)34-41(2,38)39/h3-13,16-18H,14-15H2,1-2H3,(H,33,37)(H,34,36). The van der Waals surface area contributed by atoms with E-state index < -0.39 is 45.2 Å². The van der Waals surface area contributed by atoms with E-state index in [0.717, 1.165) is 18.0 Å². The van der Waals surface area contributed by atoms with Crippen molar-refractivity contribution < 1.29 is 31.5 Å². The third kappa shape index (κ3) is 5.97. The zero-order valence-electron chi connectivity index (χ0n) is 22.1. The number of carbonyl (C=O) groups is 2. The highest BCUT2D eigenvalue weighted by Crippen LogP contribution is 2.49. The Morgan fingerprint density at radius 2 is 1.68 bits per heavy atom. The highest BCUT2D eigenvalue weighted by molar-refractivity contribution is 7.89. The predicted octanol–water partition coefficient (Wildman–Crippen LogP) is 5.23. The number of rotatable bonds is 8. The monoisotopic (exact) mass is 580 g/mol. The first kappa shape index (κ1) is 28.0. The van der Waals surface area contributed by atoms with Gasteiger partial charge in [-0.2, -0.15) is 5.10 Å². The van der Waals surface area contributed by atoms with Crippen LogP contribution in [0.15, 0.2) is 79.0 Å². The third-order valence-corrected chi connectivity index (χ3v) is 7.46. The molecule has 1 fully saturated rings. The van der Waals surface area contributed by atoms with Crippen LogP contribution >= 0.6 is 0 Å². The molecule has 1 atom stereocenters. The van der Waals surface area contributed by atoms with E-state index >= 15 is 4.39 Å². The Morgan fingerprint density at radius 1 is 1.00 bits per heavy atom. The Hall–Kier alpha value is -4.58. The Bertz CT molecular complexity index is 1720. The van der Waals surface area contributed by atoms with Crippen LogP contribution in [-0.4, -0.2) is 36.5 Å². The second-order valence-corrected chi connectivity index (χ2v) is 11.6. The van der Waals surface area contributed by atoms with Crippen molar-refractivity contribution in [2.24, 2.45) is 0 Å². The Kier molecular flexibility index (Phi) is 7.35. The van der Waals surface area contributed by atoms with Crippen molar-refractivity contribution in [1.29, 1.82) is 0 Å². The molecule has 4 aromatic rings. The number of amides is 2. The maximum absolute atomic E-state index is 15.2. The molecule has 9 nitrogen and oxygen atoms in total. The van der Waals surface area contributed by atoms with Crippen molar-refractivity contribution >= 4 is 27.8 Å². The van der Waals surface area contributed by atoms with Crippen molar-refractivity contribution in [3.05, 3.63) is 102 Å². The summed E-state index contributed by atoms with van der Waals surface area (Å²) >= 11 is 0. The number of ether oxygens (including phenoxy) is 1. The lowest BCUT2D eigenvalue weighted by Gasteiger charge is -2.16. The van der Waals surface area contributed by atoms with Crippen LogP contribution < -0.4 is 10.0 Å². The molecule has 1 aliphatic rings. The van der Waals surface area contributed by atoms with Crippen LogP contribution in [0.3, 0.4) is 0 Å². The molecule has 41 heavy (non-hydrogen) atoms. The Morgan fingerprint density at radius 3 is 2.29 bits per heavy atom. The smallest absolute Gasteiger partial charge is 0.413 e. The highest BCUT2D eigenvalue weighted by atomic mass is 32.2. The quantitative estimate of drug-likeness (QED) is 0.294. The Balaban J connectivity index is 1.32. The van der Waals surface area contributed by atoms with Crippen LogP contribution in [0.2, 0.25) is 0 Å². The van der Waals surface area contributed by atoms with Gasteiger partial charge in [-0.25, -0.2) is 26.7 Å². The summed E-state index contributed by atoms with van der Waals surface area (Å²) in [6, 6.07) is 19.8. The third-order valence-electron chi connectivity index (χ3n) is 6.91. The topological polar surface area (TPSA) is 119 Å². The summed E-state index contributed by atoms with van der Waals surface area (Å²) < 4.78 is 61.2. The second-order valence-electron chi connectivity index (χ2n) is 9.86. The first-order valence-corrected chi connectivity index (χ1v) is 14.6. The summed E-state index contributed by atoms with van der Waals surface area (Å²) in [6.45, 7) is 1.70. The van der Waals surface area contributed by atoms with E-state index in [0.29, 0.717) is 29.7 Å². The number of anilines is 1. The van der Waals surface area contributed by atoms with Crippen molar-refractivity contribution in [2.45, 2.75) is 31.3 Å². The minimum absolute atomic E-state index is 0.222. The van der Waals surface area contributed by atoms with E-state index in [1.807, 2.05) is 22.9 Å². The summed E-state index contributed by atoms with van der Waals surface area (Å²) in [5.41, 5.74) is 1.25. The van der Waals surface area contributed by atoms with Crippen molar-refractivity contribution in [1.82, 2.24) is 14.5 Å². The van der Waals surface area contributed by atoms with Crippen LogP contribution in [-0.2, 0) is 25.0 Å². The zero-order chi connectivity index (χ0) is 29.4. The molecule has 1 heterocycles. The van der Waals surface area contributed by atoms with Crippen LogP contribution in [0.5, 0.6) is 0 Å². The molecule has 0 spiro atoms. The molecule has 0 radical (unpaired) electrons. The molecule has 1 aromatic heterocycles. The summed E-state index contributed by atoms with van der Waals surface area (Å²) in [4.78, 5) is 25.0. The van der Waals surface area contributed by atoms with Gasteiger partial charge in [-0.15, -0.1) is 0 Å². The predicted molar refractivity (Wildman–Crippen MR) is 148 cm³/mol. The van der Waals surface area contributed by atoms with Gasteiger partial charge >= 0.3 is 6.09 Å². The van der Waals surface area contributed by atoms with Gasteiger partial charge in [0.25, 0.3) is 0 Å². The largest absolute Gasteiger partial charge is 0.441 e. The molecule has 1 unspecified atom stereocenters. The van der Waals surface area contributed by atoms with E-state index in [1.54, 1.807) is 49.4 Å². The number of sulfonamides is 1. The lowest BCUT2D eigenvalue weighted by molar-refractivity contribution is -0.121. The van der Waals surface area contributed by atoms with E-state index in [9.17, 15) is 22.4 Å². The summed E-state index contributed by atoms with van der Waals surface area (Å²) in [5.74, 6) is -2.25. The first-order chi connectivity index (χ1) is 19.5. The molecule has 3 aromatic carbocycles. The molecule has 212 valence electrons. The number of halogens is 2. The average molecular weight is 581 g/mol. The number of aromatic nitrogens is 2. The summed E-state index contributed by atoms with van der Waals surface area (Å²) in [7, 11) is -3.74. The van der Waals surface area contributed by atoms with Crippen LogP contribution in [0.25, 0.3) is 16.8 Å². The molecular formula is C29H26F2N4O5S. The van der Waals surface area contributed by atoms with Gasteiger partial charge in [0.05, 0.1) is 23.6 Å². The molecule has 12 heteroatoms. The number of hydrogen-bond acceptors (Lipinski definition) is 6. The van der Waals surface area contributed by atoms with Crippen LogP contribution in [0, 0.1) is 11.6 Å². The number of nitrogens with zero attached hydrogens (tertiary/aromatic N) is 2. The van der Waals surface area contributed by atoms with Crippen molar-refractivity contribution in [2.75, 3.05) is 11.6 Å². The normalized spacial score (nSPS) is 14.6. The minimum atomic E-state index is -3.74. The fourth-order valence-electron chi connectivity index (χ4n) is 4.58.